The normalized spacial score (nSPS) is 14.8. The van der Waals surface area contributed by atoms with Crippen LogP contribution in [0.15, 0.2) is 42.5 Å². The highest BCUT2D eigenvalue weighted by Gasteiger charge is 2.31. The molecule has 1 atom stereocenters. The maximum atomic E-state index is 13.8. The van der Waals surface area contributed by atoms with Gasteiger partial charge in [-0.3, -0.25) is 13.9 Å². The number of carbonyl (C=O) groups excluding carboxylic acids is 2. The third-order valence-corrected chi connectivity index (χ3v) is 8.23. The van der Waals surface area contributed by atoms with Gasteiger partial charge in [-0.1, -0.05) is 44.0 Å². The molecular formula is C28H37F2N3O4S. The molecule has 38 heavy (non-hydrogen) atoms. The van der Waals surface area contributed by atoms with Crippen molar-refractivity contribution in [2.24, 2.45) is 0 Å². The lowest BCUT2D eigenvalue weighted by atomic mass is 10.0. The third kappa shape index (κ3) is 7.75. The first-order valence-corrected chi connectivity index (χ1v) is 14.9. The number of benzene rings is 2. The van der Waals surface area contributed by atoms with Gasteiger partial charge in [0.05, 0.1) is 11.9 Å². The number of nitrogens with one attached hydrogen (secondary N) is 1. The Morgan fingerprint density at radius 1 is 1.08 bits per heavy atom. The van der Waals surface area contributed by atoms with E-state index >= 15 is 0 Å². The quantitative estimate of drug-likeness (QED) is 0.416. The number of anilines is 1. The molecule has 0 saturated heterocycles. The van der Waals surface area contributed by atoms with Crippen molar-refractivity contribution in [3.05, 3.63) is 65.2 Å². The van der Waals surface area contributed by atoms with Gasteiger partial charge in [0.25, 0.3) is 0 Å². The molecule has 0 aliphatic heterocycles. The summed E-state index contributed by atoms with van der Waals surface area (Å²) >= 11 is 0. The van der Waals surface area contributed by atoms with E-state index in [1.54, 1.807) is 4.90 Å². The zero-order chi connectivity index (χ0) is 27.9. The summed E-state index contributed by atoms with van der Waals surface area (Å²) in [5.41, 5.74) is 1.91. The zero-order valence-corrected chi connectivity index (χ0v) is 23.1. The monoisotopic (exact) mass is 549 g/mol. The minimum absolute atomic E-state index is 0.0157. The van der Waals surface area contributed by atoms with Crippen LogP contribution in [-0.4, -0.2) is 50.0 Å². The van der Waals surface area contributed by atoms with Crippen molar-refractivity contribution >= 4 is 27.5 Å². The van der Waals surface area contributed by atoms with E-state index in [-0.39, 0.29) is 49.5 Å². The molecule has 1 aliphatic rings. The van der Waals surface area contributed by atoms with E-state index in [9.17, 15) is 26.8 Å². The van der Waals surface area contributed by atoms with Crippen LogP contribution in [0.25, 0.3) is 0 Å². The molecule has 0 radical (unpaired) electrons. The van der Waals surface area contributed by atoms with E-state index in [0.717, 1.165) is 59.5 Å². The molecule has 7 nitrogen and oxygen atoms in total. The smallest absolute Gasteiger partial charge is 0.243 e. The second-order valence-corrected chi connectivity index (χ2v) is 11.8. The second kappa shape index (κ2) is 13.2. The van der Waals surface area contributed by atoms with Gasteiger partial charge in [0.15, 0.2) is 11.6 Å². The third-order valence-electron chi connectivity index (χ3n) is 7.03. The number of halogens is 2. The van der Waals surface area contributed by atoms with Gasteiger partial charge < -0.3 is 10.2 Å². The Kier molecular flexibility index (Phi) is 10.2. The average molecular weight is 550 g/mol. The van der Waals surface area contributed by atoms with E-state index in [1.807, 2.05) is 38.1 Å². The number of hydrogen-bond donors (Lipinski definition) is 1. The fourth-order valence-corrected chi connectivity index (χ4v) is 5.86. The minimum Gasteiger partial charge on any atom is -0.352 e. The molecule has 10 heteroatoms. The first-order valence-electron chi connectivity index (χ1n) is 13.1. The molecule has 2 aromatic rings. The van der Waals surface area contributed by atoms with Crippen LogP contribution in [0.5, 0.6) is 0 Å². The highest BCUT2D eigenvalue weighted by Crippen LogP contribution is 2.23. The lowest BCUT2D eigenvalue weighted by Crippen LogP contribution is -2.51. The Labute approximate surface area is 224 Å². The minimum atomic E-state index is -3.81. The van der Waals surface area contributed by atoms with Gasteiger partial charge in [0, 0.05) is 31.6 Å². The summed E-state index contributed by atoms with van der Waals surface area (Å²) in [6.45, 7) is 3.97. The molecule has 0 spiro atoms. The Hall–Kier alpha value is -3.01. The second-order valence-electron chi connectivity index (χ2n) is 9.90. The molecule has 2 aromatic carbocycles. The van der Waals surface area contributed by atoms with Gasteiger partial charge in [-0.2, -0.15) is 0 Å². The molecule has 208 valence electrons. The van der Waals surface area contributed by atoms with Gasteiger partial charge in [-0.05, 0) is 55.9 Å². The Morgan fingerprint density at radius 2 is 1.76 bits per heavy atom. The first-order chi connectivity index (χ1) is 18.0. The van der Waals surface area contributed by atoms with Gasteiger partial charge in [-0.25, -0.2) is 17.2 Å². The van der Waals surface area contributed by atoms with Gasteiger partial charge in [0.2, 0.25) is 21.8 Å². The summed E-state index contributed by atoms with van der Waals surface area (Å²) in [5.74, 6) is -2.69. The molecule has 0 bridgehead atoms. The standard InChI is InChI=1S/C28H37F2N3O4S/c1-4-26(28(35)31-22-12-7-8-13-22)32(19-21-11-6-5-10-20(21)2)27(34)14-9-17-33(38(3,36)37)23-15-16-24(29)25(30)18-23/h5-6,10-11,15-16,18,22,26H,4,7-9,12-14,17,19H2,1-3H3,(H,31,35)/t26-/m1/s1. The summed E-state index contributed by atoms with van der Waals surface area (Å²) in [6.07, 6.45) is 5.52. The van der Waals surface area contributed by atoms with Crippen LogP contribution in [0.1, 0.15) is 63.0 Å². The maximum absolute atomic E-state index is 13.8. The predicted octanol–water partition coefficient (Wildman–Crippen LogP) is 4.69. The van der Waals surface area contributed by atoms with E-state index in [2.05, 4.69) is 5.32 Å². The summed E-state index contributed by atoms with van der Waals surface area (Å²) in [5, 5.41) is 3.10. The van der Waals surface area contributed by atoms with Crippen molar-refractivity contribution in [1.29, 1.82) is 0 Å². The topological polar surface area (TPSA) is 86.8 Å². The van der Waals surface area contributed by atoms with E-state index in [1.165, 1.54) is 6.07 Å². The van der Waals surface area contributed by atoms with Crippen molar-refractivity contribution in [2.75, 3.05) is 17.1 Å². The number of hydrogen-bond acceptors (Lipinski definition) is 4. The van der Waals surface area contributed by atoms with Crippen LogP contribution >= 0.6 is 0 Å². The fraction of sp³-hybridized carbons (Fsp3) is 0.500. The average Bonchev–Trinajstić information content (AvgIpc) is 3.37. The van der Waals surface area contributed by atoms with Crippen molar-refractivity contribution in [3.63, 3.8) is 0 Å². The molecule has 1 aliphatic carbocycles. The van der Waals surface area contributed by atoms with Crippen LogP contribution in [0.3, 0.4) is 0 Å². The first kappa shape index (κ1) is 29.5. The molecule has 0 heterocycles. The Balaban J connectivity index is 1.77. The number of rotatable bonds is 12. The zero-order valence-electron chi connectivity index (χ0n) is 22.3. The summed E-state index contributed by atoms with van der Waals surface area (Å²) in [6, 6.07) is 9.99. The number of aryl methyl sites for hydroxylation is 1. The number of nitrogens with zero attached hydrogens (tertiary/aromatic N) is 2. The largest absolute Gasteiger partial charge is 0.352 e. The van der Waals surface area contributed by atoms with Crippen LogP contribution in [0.4, 0.5) is 14.5 Å². The van der Waals surface area contributed by atoms with Crippen LogP contribution in [-0.2, 0) is 26.2 Å². The molecule has 3 rings (SSSR count). The van der Waals surface area contributed by atoms with Crippen molar-refractivity contribution in [3.8, 4) is 0 Å². The maximum Gasteiger partial charge on any atom is 0.243 e. The molecule has 2 amide bonds. The highest BCUT2D eigenvalue weighted by atomic mass is 32.2. The summed E-state index contributed by atoms with van der Waals surface area (Å²) in [4.78, 5) is 28.4. The van der Waals surface area contributed by atoms with Crippen molar-refractivity contribution < 1.29 is 26.8 Å². The van der Waals surface area contributed by atoms with Crippen LogP contribution < -0.4 is 9.62 Å². The van der Waals surface area contributed by atoms with E-state index < -0.39 is 27.7 Å². The molecule has 0 unspecified atom stereocenters. The highest BCUT2D eigenvalue weighted by molar-refractivity contribution is 7.92. The van der Waals surface area contributed by atoms with Gasteiger partial charge in [0.1, 0.15) is 6.04 Å². The van der Waals surface area contributed by atoms with Gasteiger partial charge in [-0.15, -0.1) is 0 Å². The molecule has 1 N–H and O–H groups in total. The number of carbonyl (C=O) groups is 2. The SMILES string of the molecule is CC[C@H](C(=O)NC1CCCC1)N(Cc1ccccc1C)C(=O)CCCN(c1ccc(F)c(F)c1)S(C)(=O)=O. The summed E-state index contributed by atoms with van der Waals surface area (Å²) < 4.78 is 52.9. The van der Waals surface area contributed by atoms with Crippen molar-refractivity contribution in [2.45, 2.75) is 77.4 Å². The van der Waals surface area contributed by atoms with Crippen LogP contribution in [0, 0.1) is 18.6 Å². The Morgan fingerprint density at radius 3 is 2.37 bits per heavy atom. The molecular weight excluding hydrogens is 512 g/mol. The summed E-state index contributed by atoms with van der Waals surface area (Å²) in [7, 11) is -3.81. The number of amides is 2. The van der Waals surface area contributed by atoms with E-state index in [4.69, 9.17) is 0 Å². The lowest BCUT2D eigenvalue weighted by molar-refractivity contribution is -0.141. The van der Waals surface area contributed by atoms with Crippen LogP contribution in [0.2, 0.25) is 0 Å². The number of sulfonamides is 1. The van der Waals surface area contributed by atoms with Crippen molar-refractivity contribution in [1.82, 2.24) is 10.2 Å². The molecule has 0 aromatic heterocycles. The molecule has 1 saturated carbocycles. The Bertz CT molecular complexity index is 1230. The molecule has 1 fully saturated rings. The van der Waals surface area contributed by atoms with E-state index in [0.29, 0.717) is 6.42 Å². The predicted molar refractivity (Wildman–Crippen MR) is 144 cm³/mol. The fourth-order valence-electron chi connectivity index (χ4n) is 4.90. The lowest BCUT2D eigenvalue weighted by Gasteiger charge is -2.32. The van der Waals surface area contributed by atoms with Gasteiger partial charge >= 0.3 is 0 Å².